The van der Waals surface area contributed by atoms with E-state index in [1.807, 2.05) is 24.3 Å². The second-order valence-corrected chi connectivity index (χ2v) is 8.21. The van der Waals surface area contributed by atoms with Crippen molar-refractivity contribution in [2.45, 2.75) is 6.42 Å². The summed E-state index contributed by atoms with van der Waals surface area (Å²) in [6.45, 7) is 0. The number of hydrogen-bond donors (Lipinski definition) is 0. The smallest absolute Gasteiger partial charge is 0.264 e. The minimum Gasteiger partial charge on any atom is -0.287 e. The Kier molecular flexibility index (Phi) is 4.81. The summed E-state index contributed by atoms with van der Waals surface area (Å²) in [6.07, 6.45) is 6.47. The molecule has 0 N–H and O–H groups in total. The van der Waals surface area contributed by atoms with E-state index in [1.165, 1.54) is 22.2 Å². The number of hydrogen-bond acceptors (Lipinski definition) is 5. The third-order valence-corrected chi connectivity index (χ3v) is 6.19. The SMILES string of the molecule is O=C1/C(=C2/Cc3ccccc3N2C(=O)c2cccnc2)N(C(=O)c2cccnc2)c2ccccc21. The molecular weight excluding hydrogens is 440 g/mol. The van der Waals surface area contributed by atoms with Gasteiger partial charge in [0.05, 0.1) is 28.2 Å². The first-order chi connectivity index (χ1) is 17.1. The third-order valence-electron chi connectivity index (χ3n) is 6.19. The number of anilines is 2. The molecule has 4 heterocycles. The number of pyridine rings is 2. The first-order valence-corrected chi connectivity index (χ1v) is 11.1. The van der Waals surface area contributed by atoms with Gasteiger partial charge in [-0.3, -0.25) is 34.2 Å². The molecule has 2 amide bonds. The summed E-state index contributed by atoms with van der Waals surface area (Å²) in [5.41, 5.74) is 3.83. The fourth-order valence-electron chi connectivity index (χ4n) is 4.62. The van der Waals surface area contributed by atoms with Crippen molar-refractivity contribution in [3.63, 3.8) is 0 Å². The fraction of sp³-hybridized carbons (Fsp3) is 0.0357. The van der Waals surface area contributed by atoms with E-state index >= 15 is 0 Å². The zero-order valence-electron chi connectivity index (χ0n) is 18.5. The van der Waals surface area contributed by atoms with E-state index in [4.69, 9.17) is 0 Å². The van der Waals surface area contributed by atoms with Gasteiger partial charge in [0.2, 0.25) is 5.78 Å². The van der Waals surface area contributed by atoms with Gasteiger partial charge in [0, 0.05) is 36.8 Å². The summed E-state index contributed by atoms with van der Waals surface area (Å²) in [7, 11) is 0. The quantitative estimate of drug-likeness (QED) is 0.415. The second kappa shape index (κ2) is 8.14. The summed E-state index contributed by atoms with van der Waals surface area (Å²) >= 11 is 0. The number of aromatic nitrogens is 2. The molecule has 2 aliphatic heterocycles. The normalized spacial score (nSPS) is 16.3. The van der Waals surface area contributed by atoms with Crippen LogP contribution < -0.4 is 9.80 Å². The van der Waals surface area contributed by atoms with Crippen LogP contribution in [0.15, 0.2) is 109 Å². The lowest BCUT2D eigenvalue weighted by Crippen LogP contribution is -2.35. The molecule has 35 heavy (non-hydrogen) atoms. The van der Waals surface area contributed by atoms with Gasteiger partial charge in [-0.05, 0) is 48.0 Å². The maximum Gasteiger partial charge on any atom is 0.264 e. The summed E-state index contributed by atoms with van der Waals surface area (Å²) in [4.78, 5) is 52.3. The molecule has 0 saturated heterocycles. The Morgan fingerprint density at radius 2 is 1.29 bits per heavy atom. The number of fused-ring (bicyclic) bond motifs is 2. The number of carbonyl (C=O) groups excluding carboxylic acids is 3. The van der Waals surface area contributed by atoms with E-state index in [9.17, 15) is 14.4 Å². The first kappa shape index (κ1) is 20.7. The van der Waals surface area contributed by atoms with Gasteiger partial charge in [-0.15, -0.1) is 0 Å². The minimum atomic E-state index is -0.386. The highest BCUT2D eigenvalue weighted by Crippen LogP contribution is 2.43. The Morgan fingerprint density at radius 3 is 1.94 bits per heavy atom. The molecule has 2 aliphatic rings. The molecule has 0 bridgehead atoms. The average molecular weight is 458 g/mol. The highest BCUT2D eigenvalue weighted by molar-refractivity contribution is 6.29. The monoisotopic (exact) mass is 458 g/mol. The summed E-state index contributed by atoms with van der Waals surface area (Å²) in [5, 5.41) is 0. The van der Waals surface area contributed by atoms with Crippen molar-refractivity contribution in [2.75, 3.05) is 9.80 Å². The van der Waals surface area contributed by atoms with E-state index in [0.29, 0.717) is 40.2 Å². The Hall–Kier alpha value is -4.91. The number of Topliss-reactive ketones (excluding diaryl/α,β-unsaturated/α-hetero) is 1. The van der Waals surface area contributed by atoms with Crippen molar-refractivity contribution in [1.82, 2.24) is 9.97 Å². The Labute approximate surface area is 201 Å². The summed E-state index contributed by atoms with van der Waals surface area (Å²) < 4.78 is 0. The number of benzene rings is 2. The van der Waals surface area contributed by atoms with Gasteiger partial charge < -0.3 is 0 Å². The predicted molar refractivity (Wildman–Crippen MR) is 130 cm³/mol. The van der Waals surface area contributed by atoms with E-state index in [-0.39, 0.29) is 23.3 Å². The number of rotatable bonds is 2. The van der Waals surface area contributed by atoms with E-state index < -0.39 is 0 Å². The molecule has 0 atom stereocenters. The van der Waals surface area contributed by atoms with Crippen molar-refractivity contribution in [1.29, 1.82) is 0 Å². The largest absolute Gasteiger partial charge is 0.287 e. The predicted octanol–water partition coefficient (Wildman–Crippen LogP) is 4.43. The molecule has 0 spiro atoms. The maximum absolute atomic E-state index is 13.8. The maximum atomic E-state index is 13.8. The minimum absolute atomic E-state index is 0.175. The summed E-state index contributed by atoms with van der Waals surface area (Å²) in [5.74, 6) is -1.00. The molecule has 168 valence electrons. The third kappa shape index (κ3) is 3.25. The van der Waals surface area contributed by atoms with Gasteiger partial charge in [0.25, 0.3) is 11.8 Å². The van der Waals surface area contributed by atoms with Gasteiger partial charge in [0.1, 0.15) is 5.70 Å². The molecule has 0 aliphatic carbocycles. The molecule has 2 aromatic heterocycles. The van der Waals surface area contributed by atoms with E-state index in [2.05, 4.69) is 9.97 Å². The zero-order valence-corrected chi connectivity index (χ0v) is 18.5. The van der Waals surface area contributed by atoms with Crippen molar-refractivity contribution < 1.29 is 14.4 Å². The fourth-order valence-corrected chi connectivity index (χ4v) is 4.62. The van der Waals surface area contributed by atoms with Crippen molar-refractivity contribution >= 4 is 29.0 Å². The number of ketones is 1. The Bertz CT molecular complexity index is 1530. The number of nitrogens with zero attached hydrogens (tertiary/aromatic N) is 4. The van der Waals surface area contributed by atoms with Crippen LogP contribution in [0.1, 0.15) is 36.6 Å². The van der Waals surface area contributed by atoms with Gasteiger partial charge >= 0.3 is 0 Å². The molecule has 0 fully saturated rings. The van der Waals surface area contributed by atoms with Gasteiger partial charge in [-0.2, -0.15) is 0 Å². The van der Waals surface area contributed by atoms with Gasteiger partial charge in [-0.1, -0.05) is 30.3 Å². The van der Waals surface area contributed by atoms with Crippen LogP contribution in [0.5, 0.6) is 0 Å². The van der Waals surface area contributed by atoms with Crippen molar-refractivity contribution in [2.24, 2.45) is 0 Å². The molecule has 7 heteroatoms. The lowest BCUT2D eigenvalue weighted by atomic mass is 10.1. The van der Waals surface area contributed by atoms with Crippen LogP contribution in [0.3, 0.4) is 0 Å². The van der Waals surface area contributed by atoms with Crippen molar-refractivity contribution in [3.05, 3.63) is 131 Å². The molecule has 7 nitrogen and oxygen atoms in total. The highest BCUT2D eigenvalue weighted by Gasteiger charge is 2.43. The molecule has 2 aromatic carbocycles. The van der Waals surface area contributed by atoms with Crippen LogP contribution in [0.25, 0.3) is 0 Å². The van der Waals surface area contributed by atoms with Crippen LogP contribution in [-0.2, 0) is 6.42 Å². The van der Waals surface area contributed by atoms with Crippen LogP contribution in [0.2, 0.25) is 0 Å². The van der Waals surface area contributed by atoms with Crippen LogP contribution in [0, 0.1) is 0 Å². The molecule has 4 aromatic rings. The second-order valence-electron chi connectivity index (χ2n) is 8.21. The molecule has 6 rings (SSSR count). The Balaban J connectivity index is 1.58. The highest BCUT2D eigenvalue weighted by atomic mass is 16.2. The van der Waals surface area contributed by atoms with Crippen LogP contribution >= 0.6 is 0 Å². The Morgan fingerprint density at radius 1 is 0.686 bits per heavy atom. The van der Waals surface area contributed by atoms with E-state index in [1.54, 1.807) is 60.9 Å². The van der Waals surface area contributed by atoms with Crippen molar-refractivity contribution in [3.8, 4) is 0 Å². The number of amides is 2. The van der Waals surface area contributed by atoms with Gasteiger partial charge in [-0.25, -0.2) is 0 Å². The topological polar surface area (TPSA) is 83.5 Å². The standard InChI is InChI=1S/C28H18N4O3/c33-26-21-10-2-4-12-23(21)32(28(35)20-9-6-14-30-17-20)25(26)24-15-18-7-1-3-11-22(18)31(24)27(34)19-8-5-13-29-16-19/h1-14,16-17H,15H2/b25-24+. The zero-order chi connectivity index (χ0) is 23.9. The molecule has 0 saturated carbocycles. The molecule has 0 unspecified atom stereocenters. The molecular formula is C28H18N4O3. The number of allylic oxidation sites excluding steroid dienone is 2. The van der Waals surface area contributed by atoms with Gasteiger partial charge in [0.15, 0.2) is 0 Å². The number of para-hydroxylation sites is 2. The van der Waals surface area contributed by atoms with Crippen LogP contribution in [0.4, 0.5) is 11.4 Å². The average Bonchev–Trinajstić information content (AvgIpc) is 3.44. The lowest BCUT2D eigenvalue weighted by molar-refractivity contribution is 0.0967. The first-order valence-electron chi connectivity index (χ1n) is 11.1. The molecule has 0 radical (unpaired) electrons. The van der Waals surface area contributed by atoms with Crippen LogP contribution in [-0.4, -0.2) is 27.6 Å². The number of carbonyl (C=O) groups is 3. The lowest BCUT2D eigenvalue weighted by Gasteiger charge is -2.25. The summed E-state index contributed by atoms with van der Waals surface area (Å²) in [6, 6.07) is 21.2. The van der Waals surface area contributed by atoms with E-state index in [0.717, 1.165) is 5.56 Å².